The zero-order valence-electron chi connectivity index (χ0n) is 15.8. The molecule has 4 aromatic rings. The molecular weight excluding hydrogens is 344 g/mol. The third kappa shape index (κ3) is 2.87. The Bertz CT molecular complexity index is 1110. The van der Waals surface area contributed by atoms with Crippen LogP contribution in [0.4, 0.5) is 0 Å². The molecule has 0 saturated heterocycles. The zero-order chi connectivity index (χ0) is 18.9. The summed E-state index contributed by atoms with van der Waals surface area (Å²) < 4.78 is 11.8. The van der Waals surface area contributed by atoms with Gasteiger partial charge in [-0.05, 0) is 54.3 Å². The van der Waals surface area contributed by atoms with Gasteiger partial charge in [-0.25, -0.2) is 4.42 Å². The average Bonchev–Trinajstić information content (AvgIpc) is 2.79. The summed E-state index contributed by atoms with van der Waals surface area (Å²) in [6.07, 6.45) is 2.03. The van der Waals surface area contributed by atoms with E-state index < -0.39 is 0 Å². The van der Waals surface area contributed by atoms with E-state index in [0.29, 0.717) is 0 Å². The van der Waals surface area contributed by atoms with Crippen molar-refractivity contribution >= 4 is 0 Å². The van der Waals surface area contributed by atoms with E-state index in [-0.39, 0.29) is 0 Å². The lowest BCUT2D eigenvalue weighted by Crippen LogP contribution is -2.06. The Labute approximate surface area is 165 Å². The van der Waals surface area contributed by atoms with Gasteiger partial charge >= 0.3 is 11.5 Å². The Morgan fingerprint density at radius 1 is 0.714 bits per heavy atom. The van der Waals surface area contributed by atoms with E-state index in [4.69, 9.17) is 9.15 Å². The van der Waals surface area contributed by atoms with Crippen LogP contribution in [0.15, 0.2) is 89.3 Å². The molecule has 0 aliphatic heterocycles. The van der Waals surface area contributed by atoms with Crippen molar-refractivity contribution in [1.82, 2.24) is 0 Å². The molecule has 1 aromatic heterocycles. The average molecular weight is 365 g/mol. The predicted octanol–water partition coefficient (Wildman–Crippen LogP) is 6.67. The fourth-order valence-electron chi connectivity index (χ4n) is 4.00. The van der Waals surface area contributed by atoms with Crippen molar-refractivity contribution < 1.29 is 9.15 Å². The normalized spacial score (nSPS) is 12.2. The molecule has 0 unspecified atom stereocenters. The molecule has 0 spiro atoms. The molecule has 28 heavy (non-hydrogen) atoms. The fraction of sp³-hybridized carbons (Fsp3) is 0.115. The van der Waals surface area contributed by atoms with Crippen molar-refractivity contribution in [2.45, 2.75) is 12.8 Å². The molecule has 0 N–H and O–H groups in total. The van der Waals surface area contributed by atoms with Crippen molar-refractivity contribution in [2.24, 2.45) is 0 Å². The first-order valence-electron chi connectivity index (χ1n) is 9.61. The minimum Gasteiger partial charge on any atom is -0.497 e. The van der Waals surface area contributed by atoms with Crippen molar-refractivity contribution in [3.63, 3.8) is 0 Å². The Morgan fingerprint density at radius 2 is 1.46 bits per heavy atom. The molecule has 0 atom stereocenters. The van der Waals surface area contributed by atoms with Crippen LogP contribution in [0, 0.1) is 0 Å². The Balaban J connectivity index is 1.75. The second-order valence-electron chi connectivity index (χ2n) is 7.08. The Kier molecular flexibility index (Phi) is 4.17. The molecule has 136 valence electrons. The van der Waals surface area contributed by atoms with E-state index >= 15 is 0 Å². The number of rotatable bonds is 3. The van der Waals surface area contributed by atoms with Crippen LogP contribution >= 0.6 is 0 Å². The Morgan fingerprint density at radius 3 is 2.25 bits per heavy atom. The topological polar surface area (TPSA) is 20.5 Å². The summed E-state index contributed by atoms with van der Waals surface area (Å²) in [7, 11) is 1.68. The number of methoxy groups -OCH3 is 1. The van der Waals surface area contributed by atoms with Gasteiger partial charge in [-0.1, -0.05) is 48.5 Å². The summed E-state index contributed by atoms with van der Waals surface area (Å²) in [6.45, 7) is 0. The second kappa shape index (κ2) is 6.97. The van der Waals surface area contributed by atoms with E-state index in [9.17, 15) is 0 Å². The second-order valence-corrected chi connectivity index (χ2v) is 7.08. The Hall–Kier alpha value is -3.39. The predicted molar refractivity (Wildman–Crippen MR) is 113 cm³/mol. The SMILES string of the molecule is COc1ccc(-c2cc(-c3ccccc3)c3c([o+]2)-c2ccccc2CC3)cc1. The first kappa shape index (κ1) is 16.8. The third-order valence-electron chi connectivity index (χ3n) is 5.45. The van der Waals surface area contributed by atoms with Gasteiger partial charge in [0.2, 0.25) is 0 Å². The van der Waals surface area contributed by atoms with E-state index in [1.807, 2.05) is 24.3 Å². The van der Waals surface area contributed by atoms with Crippen LogP contribution in [0.5, 0.6) is 5.75 Å². The molecule has 2 heteroatoms. The molecule has 0 amide bonds. The number of benzene rings is 3. The van der Waals surface area contributed by atoms with Crippen LogP contribution in [-0.4, -0.2) is 7.11 Å². The first-order chi connectivity index (χ1) is 13.8. The van der Waals surface area contributed by atoms with Crippen molar-refractivity contribution in [1.29, 1.82) is 0 Å². The lowest BCUT2D eigenvalue weighted by molar-refractivity contribution is 0.415. The van der Waals surface area contributed by atoms with Crippen LogP contribution in [0.3, 0.4) is 0 Å². The van der Waals surface area contributed by atoms with E-state index in [0.717, 1.165) is 35.7 Å². The summed E-state index contributed by atoms with van der Waals surface area (Å²) in [5.41, 5.74) is 7.37. The van der Waals surface area contributed by atoms with Gasteiger partial charge in [0.25, 0.3) is 0 Å². The van der Waals surface area contributed by atoms with Gasteiger partial charge in [0.15, 0.2) is 0 Å². The minimum absolute atomic E-state index is 0.843. The number of hydrogen-bond acceptors (Lipinski definition) is 1. The van der Waals surface area contributed by atoms with Gasteiger partial charge in [-0.2, -0.15) is 0 Å². The summed E-state index contributed by atoms with van der Waals surface area (Å²) in [4.78, 5) is 0. The number of ether oxygens (including phenoxy) is 1. The van der Waals surface area contributed by atoms with Crippen molar-refractivity contribution in [3.05, 3.63) is 96.1 Å². The molecule has 0 saturated carbocycles. The van der Waals surface area contributed by atoms with Crippen LogP contribution in [-0.2, 0) is 12.8 Å². The monoisotopic (exact) mass is 365 g/mol. The van der Waals surface area contributed by atoms with Crippen molar-refractivity contribution in [3.8, 4) is 39.5 Å². The van der Waals surface area contributed by atoms with Gasteiger partial charge in [0.1, 0.15) is 5.75 Å². The molecule has 1 heterocycles. The van der Waals surface area contributed by atoms with Crippen LogP contribution in [0.25, 0.3) is 33.8 Å². The highest BCUT2D eigenvalue weighted by atomic mass is 16.5. The molecule has 3 aromatic carbocycles. The van der Waals surface area contributed by atoms with Gasteiger partial charge in [-0.3, -0.25) is 0 Å². The molecule has 2 nitrogen and oxygen atoms in total. The van der Waals surface area contributed by atoms with Crippen LogP contribution in [0.1, 0.15) is 11.1 Å². The molecular formula is C26H21O2+. The number of hydrogen-bond donors (Lipinski definition) is 0. The highest BCUT2D eigenvalue weighted by Gasteiger charge is 2.31. The van der Waals surface area contributed by atoms with Gasteiger partial charge in [-0.15, -0.1) is 0 Å². The highest BCUT2D eigenvalue weighted by molar-refractivity contribution is 5.81. The number of aryl methyl sites for hydroxylation is 1. The smallest absolute Gasteiger partial charge is 0.364 e. The summed E-state index contributed by atoms with van der Waals surface area (Å²) in [5, 5.41) is 0. The quantitative estimate of drug-likeness (QED) is 0.378. The molecule has 1 aliphatic carbocycles. The van der Waals surface area contributed by atoms with Crippen LogP contribution in [0.2, 0.25) is 0 Å². The maximum atomic E-state index is 6.51. The van der Waals surface area contributed by atoms with E-state index in [2.05, 4.69) is 60.7 Å². The highest BCUT2D eigenvalue weighted by Crippen LogP contribution is 2.42. The summed E-state index contributed by atoms with van der Waals surface area (Å²) >= 11 is 0. The number of fused-ring (bicyclic) bond motifs is 3. The van der Waals surface area contributed by atoms with Crippen LogP contribution < -0.4 is 4.74 Å². The fourth-order valence-corrected chi connectivity index (χ4v) is 4.00. The van der Waals surface area contributed by atoms with Gasteiger partial charge in [0.05, 0.1) is 29.9 Å². The van der Waals surface area contributed by atoms with E-state index in [1.54, 1.807) is 7.11 Å². The molecule has 0 radical (unpaired) electrons. The van der Waals surface area contributed by atoms with E-state index in [1.165, 1.54) is 27.8 Å². The minimum atomic E-state index is 0.843. The molecule has 1 aliphatic rings. The van der Waals surface area contributed by atoms with Gasteiger partial charge < -0.3 is 4.74 Å². The maximum absolute atomic E-state index is 6.51. The largest absolute Gasteiger partial charge is 0.497 e. The summed E-state index contributed by atoms with van der Waals surface area (Å²) in [6, 6.07) is 29.4. The third-order valence-corrected chi connectivity index (χ3v) is 5.45. The lowest BCUT2D eigenvalue weighted by atomic mass is 9.85. The lowest BCUT2D eigenvalue weighted by Gasteiger charge is -2.16. The standard InChI is InChI=1S/C26H21O2/c1-27-21-14-11-20(12-15-21)25-17-24(18-7-3-2-4-8-18)23-16-13-19-9-5-6-10-22(19)26(23)28-25/h2-12,14-15,17H,13,16H2,1H3/q+1. The zero-order valence-corrected chi connectivity index (χ0v) is 15.8. The van der Waals surface area contributed by atoms with Gasteiger partial charge in [0, 0.05) is 5.56 Å². The maximum Gasteiger partial charge on any atom is 0.364 e. The molecule has 0 fully saturated rings. The summed E-state index contributed by atoms with van der Waals surface area (Å²) in [5.74, 6) is 2.71. The van der Waals surface area contributed by atoms with Crippen molar-refractivity contribution in [2.75, 3.05) is 7.11 Å². The first-order valence-corrected chi connectivity index (χ1v) is 9.61. The molecule has 5 rings (SSSR count). The molecule has 0 bridgehead atoms.